The molecule has 16 heteroatoms. The molecule has 0 bridgehead atoms. The van der Waals surface area contributed by atoms with Gasteiger partial charge in [-0.25, -0.2) is 19.2 Å². The van der Waals surface area contributed by atoms with Crippen molar-refractivity contribution in [2.45, 2.75) is 71.0 Å². The molecular formula is C46H50FN11O4. The van der Waals surface area contributed by atoms with E-state index >= 15 is 4.39 Å². The summed E-state index contributed by atoms with van der Waals surface area (Å²) in [7, 11) is 0. The number of aromatic nitrogens is 6. The Kier molecular flexibility index (Phi) is 10.6. The first-order chi connectivity index (χ1) is 29.7. The first-order valence-electron chi connectivity index (χ1n) is 21.1. The molecule has 6 aromatic rings. The molecule has 3 aliphatic heterocycles. The van der Waals surface area contributed by atoms with Gasteiger partial charge in [0.15, 0.2) is 11.5 Å². The van der Waals surface area contributed by atoms with Crippen molar-refractivity contribution >= 4 is 40.3 Å². The topological polar surface area (TPSA) is 178 Å². The number of hydrogen-bond acceptors (Lipinski definition) is 11. The van der Waals surface area contributed by atoms with Crippen LogP contribution in [-0.4, -0.2) is 92.1 Å². The molecule has 15 nitrogen and oxygen atoms in total. The second kappa shape index (κ2) is 16.0. The zero-order chi connectivity index (χ0) is 43.3. The molecule has 0 spiro atoms. The molecule has 2 aromatic carbocycles. The molecule has 4 aromatic heterocycles. The lowest BCUT2D eigenvalue weighted by Crippen LogP contribution is -2.58. The lowest BCUT2D eigenvalue weighted by Gasteiger charge is -2.47. The zero-order valence-electron chi connectivity index (χ0n) is 35.5. The van der Waals surface area contributed by atoms with Crippen LogP contribution < -0.4 is 20.4 Å². The van der Waals surface area contributed by atoms with Crippen LogP contribution >= 0.6 is 0 Å². The van der Waals surface area contributed by atoms with Crippen LogP contribution in [-0.2, 0) is 15.9 Å². The molecule has 62 heavy (non-hydrogen) atoms. The van der Waals surface area contributed by atoms with Gasteiger partial charge in [0.1, 0.15) is 12.0 Å². The summed E-state index contributed by atoms with van der Waals surface area (Å²) in [6, 6.07) is 18.9. The van der Waals surface area contributed by atoms with Gasteiger partial charge in [-0.15, -0.1) is 0 Å². The fourth-order valence-corrected chi connectivity index (χ4v) is 8.76. The maximum absolute atomic E-state index is 16.2. The summed E-state index contributed by atoms with van der Waals surface area (Å²) in [6.07, 6.45) is 5.51. The highest BCUT2D eigenvalue weighted by Crippen LogP contribution is 2.39. The number of pyridine rings is 1. The SMILES string of the molecule is Cc1cc(-c2ncnc3[nH]c(-c4ccc(C5(F)CN(CC6CCN(c7ccc(N8CCC(=O)NC8=O)cc7)CC6)C5)cn4)cc23)ccc1[C@@H](C)NC(=O)c1nc(C(C)(C)C)no1. The number of likely N-dealkylation sites (tertiary alicyclic amines) is 1. The van der Waals surface area contributed by atoms with Crippen LogP contribution in [0.5, 0.6) is 0 Å². The molecule has 0 saturated carbocycles. The van der Waals surface area contributed by atoms with Gasteiger partial charge < -0.3 is 19.7 Å². The van der Waals surface area contributed by atoms with E-state index in [1.54, 1.807) is 11.1 Å². The van der Waals surface area contributed by atoms with Gasteiger partial charge in [0.2, 0.25) is 5.91 Å². The van der Waals surface area contributed by atoms with Crippen molar-refractivity contribution in [3.05, 3.63) is 102 Å². The third-order valence-electron chi connectivity index (χ3n) is 12.3. The molecule has 0 radical (unpaired) electrons. The first kappa shape index (κ1) is 40.8. The normalized spacial score (nSPS) is 17.8. The predicted molar refractivity (Wildman–Crippen MR) is 232 cm³/mol. The lowest BCUT2D eigenvalue weighted by atomic mass is 9.86. The third kappa shape index (κ3) is 8.13. The number of carbonyl (C=O) groups excluding carboxylic acids is 3. The van der Waals surface area contributed by atoms with E-state index in [0.717, 1.165) is 77.3 Å². The molecule has 4 amide bonds. The number of H-pyrrole nitrogens is 1. The lowest BCUT2D eigenvalue weighted by molar-refractivity contribution is -0.120. The number of amides is 4. The highest BCUT2D eigenvalue weighted by atomic mass is 19.1. The Labute approximate surface area is 358 Å². The number of aromatic amines is 1. The number of nitrogens with zero attached hydrogens (tertiary/aromatic N) is 8. The van der Waals surface area contributed by atoms with Crippen LogP contribution in [0.3, 0.4) is 0 Å². The van der Waals surface area contributed by atoms with E-state index < -0.39 is 11.6 Å². The number of hydrogen-bond donors (Lipinski definition) is 3. The Morgan fingerprint density at radius 1 is 0.984 bits per heavy atom. The molecule has 320 valence electrons. The Morgan fingerprint density at radius 2 is 1.74 bits per heavy atom. The van der Waals surface area contributed by atoms with E-state index in [1.165, 1.54) is 6.33 Å². The van der Waals surface area contributed by atoms with Gasteiger partial charge >= 0.3 is 17.8 Å². The zero-order valence-corrected chi connectivity index (χ0v) is 35.5. The first-order valence-corrected chi connectivity index (χ1v) is 21.1. The van der Waals surface area contributed by atoms with Gasteiger partial charge in [0.25, 0.3) is 0 Å². The number of aryl methyl sites for hydroxylation is 1. The van der Waals surface area contributed by atoms with Crippen molar-refractivity contribution < 1.29 is 23.3 Å². The van der Waals surface area contributed by atoms with E-state index in [0.29, 0.717) is 54.7 Å². The van der Waals surface area contributed by atoms with Gasteiger partial charge in [-0.05, 0) is 86.2 Å². The Balaban J connectivity index is 0.788. The average Bonchev–Trinajstić information content (AvgIpc) is 3.93. The second-order valence-electron chi connectivity index (χ2n) is 17.9. The molecule has 0 aliphatic carbocycles. The van der Waals surface area contributed by atoms with Gasteiger partial charge in [0.05, 0.1) is 23.1 Å². The van der Waals surface area contributed by atoms with Crippen LogP contribution in [0, 0.1) is 12.8 Å². The minimum absolute atomic E-state index is 0.0692. The van der Waals surface area contributed by atoms with Crippen LogP contribution in [0.4, 0.5) is 20.6 Å². The number of rotatable bonds is 10. The van der Waals surface area contributed by atoms with Crippen molar-refractivity contribution in [2.75, 3.05) is 49.1 Å². The van der Waals surface area contributed by atoms with Crippen LogP contribution in [0.1, 0.15) is 86.2 Å². The Hall–Kier alpha value is -6.55. The Morgan fingerprint density at radius 3 is 2.42 bits per heavy atom. The second-order valence-corrected chi connectivity index (χ2v) is 17.9. The standard InChI is InChI=1S/C46H50FN11O4/c1-27-20-30(6-12-34(27)28(2)51-41(60)42-54-43(55-62-42)45(3,4)5)39-35-21-37(52-40(35)50-26-49-39)36-13-7-31(22-48-36)46(47)24-56(25-46)23-29-14-17-57(18-15-29)32-8-10-33(11-9-32)58-19-16-38(59)53-44(58)61/h6-13,20-22,26,28-29H,14-19,23-25H2,1-5H3,(H,51,60)(H,49,50,52)(H,53,59,61)/t28-/m1/s1. The summed E-state index contributed by atoms with van der Waals surface area (Å²) in [5.41, 5.74) is 6.34. The fourth-order valence-electron chi connectivity index (χ4n) is 8.76. The number of fused-ring (bicyclic) bond motifs is 1. The molecule has 7 heterocycles. The minimum atomic E-state index is -1.45. The maximum atomic E-state index is 16.2. The van der Waals surface area contributed by atoms with Gasteiger partial charge in [-0.2, -0.15) is 4.98 Å². The highest BCUT2D eigenvalue weighted by Gasteiger charge is 2.46. The van der Waals surface area contributed by atoms with Crippen molar-refractivity contribution in [1.82, 2.24) is 45.6 Å². The molecule has 3 saturated heterocycles. The monoisotopic (exact) mass is 839 g/mol. The summed E-state index contributed by atoms with van der Waals surface area (Å²) in [5, 5.41) is 10.1. The van der Waals surface area contributed by atoms with Crippen molar-refractivity contribution in [3.8, 4) is 22.6 Å². The molecule has 1 atom stereocenters. The van der Waals surface area contributed by atoms with Crippen molar-refractivity contribution in [1.29, 1.82) is 0 Å². The number of piperidine rings is 1. The van der Waals surface area contributed by atoms with Crippen LogP contribution in [0.15, 0.2) is 77.7 Å². The number of benzene rings is 2. The molecular weight excluding hydrogens is 790 g/mol. The van der Waals surface area contributed by atoms with E-state index in [9.17, 15) is 14.4 Å². The summed E-state index contributed by atoms with van der Waals surface area (Å²) in [6.45, 7) is 13.5. The highest BCUT2D eigenvalue weighted by molar-refractivity contribution is 6.05. The quantitative estimate of drug-likeness (QED) is 0.129. The maximum Gasteiger partial charge on any atom is 0.328 e. The number of halogens is 1. The number of alkyl halides is 1. The number of anilines is 2. The summed E-state index contributed by atoms with van der Waals surface area (Å²) in [4.78, 5) is 64.3. The summed E-state index contributed by atoms with van der Waals surface area (Å²) in [5.74, 6) is 0.215. The van der Waals surface area contributed by atoms with E-state index in [-0.39, 0.29) is 29.3 Å². The smallest absolute Gasteiger partial charge is 0.328 e. The fraction of sp³-hybridized carbons (Fsp3) is 0.391. The van der Waals surface area contributed by atoms with Crippen LogP contribution in [0.25, 0.3) is 33.7 Å². The molecule has 3 aliphatic rings. The number of imide groups is 1. The molecule has 3 fully saturated rings. The third-order valence-corrected chi connectivity index (χ3v) is 12.3. The van der Waals surface area contributed by atoms with Gasteiger partial charge in [-0.3, -0.25) is 29.7 Å². The summed E-state index contributed by atoms with van der Waals surface area (Å²) >= 11 is 0. The van der Waals surface area contributed by atoms with E-state index in [1.807, 2.05) is 95.3 Å². The number of carbonyl (C=O) groups is 3. The van der Waals surface area contributed by atoms with Crippen molar-refractivity contribution in [2.24, 2.45) is 5.92 Å². The molecule has 0 unspecified atom stereocenters. The predicted octanol–water partition coefficient (Wildman–Crippen LogP) is 7.01. The van der Waals surface area contributed by atoms with Gasteiger partial charge in [-0.1, -0.05) is 44.1 Å². The molecule has 9 rings (SSSR count). The number of urea groups is 1. The molecule has 3 N–H and O–H groups in total. The van der Waals surface area contributed by atoms with E-state index in [2.05, 4.69) is 50.5 Å². The van der Waals surface area contributed by atoms with E-state index in [4.69, 9.17) is 4.52 Å². The van der Waals surface area contributed by atoms with Gasteiger partial charge in [0, 0.05) is 85.2 Å². The number of nitrogens with one attached hydrogen (secondary N) is 3. The van der Waals surface area contributed by atoms with Crippen LogP contribution in [0.2, 0.25) is 0 Å². The minimum Gasteiger partial charge on any atom is -0.372 e. The van der Waals surface area contributed by atoms with Crippen molar-refractivity contribution in [3.63, 3.8) is 0 Å². The summed E-state index contributed by atoms with van der Waals surface area (Å²) < 4.78 is 21.4. The largest absolute Gasteiger partial charge is 0.372 e. The average molecular weight is 840 g/mol. The Bertz CT molecular complexity index is 2640.